The molecule has 1 atom stereocenters. The van der Waals surface area contributed by atoms with Gasteiger partial charge in [0.05, 0.1) is 11.9 Å². The second kappa shape index (κ2) is 13.7. The summed E-state index contributed by atoms with van der Waals surface area (Å²) < 4.78 is 41.5. The van der Waals surface area contributed by atoms with Gasteiger partial charge in [-0.05, 0) is 42.7 Å². The number of nitrogens with zero attached hydrogens (tertiary/aromatic N) is 2. The Balaban J connectivity index is 1.75. The number of rotatable bonds is 11. The van der Waals surface area contributed by atoms with Crippen molar-refractivity contribution in [2.45, 2.75) is 50.7 Å². The van der Waals surface area contributed by atoms with E-state index in [1.165, 1.54) is 41.3 Å². The molecule has 0 bridgehead atoms. The molecule has 0 unspecified atom stereocenters. The molecule has 3 aromatic rings. The fourth-order valence-corrected chi connectivity index (χ4v) is 6.38. The molecule has 1 aliphatic carbocycles. The maximum absolute atomic E-state index is 14.9. The van der Waals surface area contributed by atoms with Crippen LogP contribution in [0.2, 0.25) is 10.0 Å². The van der Waals surface area contributed by atoms with Gasteiger partial charge in [-0.2, -0.15) is 0 Å². The highest BCUT2D eigenvalue weighted by molar-refractivity contribution is 7.92. The van der Waals surface area contributed by atoms with Gasteiger partial charge in [0.2, 0.25) is 21.8 Å². The van der Waals surface area contributed by atoms with Crippen LogP contribution in [0.3, 0.4) is 0 Å². The summed E-state index contributed by atoms with van der Waals surface area (Å²) in [5.74, 6) is -1.60. The second-order valence-corrected chi connectivity index (χ2v) is 13.0. The molecule has 218 valence electrons. The standard InChI is InChI=1S/C30H32Cl2FN3O4S/c1-41(39,40)36(26-17-23(31)16-24(32)18-26)20-29(37)35(19-22-11-5-8-14-27(22)33)28(15-21-9-3-2-4-10-21)30(38)34-25-12-6-7-13-25/h2-5,8-11,14,16-18,25,28H,6-7,12-13,15,19-20H2,1H3,(H,34,38)/t28-/m0/s1. The lowest BCUT2D eigenvalue weighted by atomic mass is 10.0. The van der Waals surface area contributed by atoms with E-state index in [1.54, 1.807) is 6.07 Å². The Morgan fingerprint density at radius 3 is 2.20 bits per heavy atom. The minimum absolute atomic E-state index is 0.0210. The number of anilines is 1. The molecule has 0 spiro atoms. The van der Waals surface area contributed by atoms with E-state index >= 15 is 0 Å². The zero-order chi connectivity index (χ0) is 29.6. The fraction of sp³-hybridized carbons (Fsp3) is 0.333. The Labute approximate surface area is 250 Å². The highest BCUT2D eigenvalue weighted by Crippen LogP contribution is 2.28. The van der Waals surface area contributed by atoms with Crippen LogP contribution in [0.5, 0.6) is 0 Å². The number of amides is 2. The van der Waals surface area contributed by atoms with E-state index in [9.17, 15) is 22.4 Å². The molecule has 0 saturated heterocycles. The molecule has 3 aromatic carbocycles. The Bertz CT molecular complexity index is 1460. The molecule has 0 aromatic heterocycles. The van der Waals surface area contributed by atoms with E-state index in [1.807, 2.05) is 30.3 Å². The Kier molecular flexibility index (Phi) is 10.3. The van der Waals surface area contributed by atoms with Crippen LogP contribution in [-0.4, -0.2) is 50.0 Å². The van der Waals surface area contributed by atoms with Gasteiger partial charge in [0, 0.05) is 34.6 Å². The van der Waals surface area contributed by atoms with E-state index in [2.05, 4.69) is 5.32 Å². The number of hydrogen-bond donors (Lipinski definition) is 1. The van der Waals surface area contributed by atoms with Crippen molar-refractivity contribution < 1.29 is 22.4 Å². The number of nitrogens with one attached hydrogen (secondary N) is 1. The topological polar surface area (TPSA) is 86.8 Å². The fourth-order valence-electron chi connectivity index (χ4n) is 5.03. The predicted octanol–water partition coefficient (Wildman–Crippen LogP) is 5.60. The number of carbonyl (C=O) groups is 2. The van der Waals surface area contributed by atoms with Crippen LogP contribution in [0.1, 0.15) is 36.8 Å². The van der Waals surface area contributed by atoms with Gasteiger partial charge in [0.1, 0.15) is 18.4 Å². The number of hydrogen-bond acceptors (Lipinski definition) is 4. The molecule has 0 heterocycles. The highest BCUT2D eigenvalue weighted by Gasteiger charge is 2.34. The van der Waals surface area contributed by atoms with Gasteiger partial charge < -0.3 is 10.2 Å². The van der Waals surface area contributed by atoms with Gasteiger partial charge in [-0.1, -0.05) is 84.6 Å². The molecule has 11 heteroatoms. The van der Waals surface area contributed by atoms with Crippen LogP contribution in [-0.2, 0) is 32.6 Å². The number of carbonyl (C=O) groups excluding carboxylic acids is 2. The quantitative estimate of drug-likeness (QED) is 0.303. The minimum Gasteiger partial charge on any atom is -0.352 e. The van der Waals surface area contributed by atoms with Crippen molar-refractivity contribution in [3.05, 3.63) is 99.8 Å². The van der Waals surface area contributed by atoms with E-state index in [0.29, 0.717) is 0 Å². The van der Waals surface area contributed by atoms with Gasteiger partial charge in [-0.3, -0.25) is 13.9 Å². The van der Waals surface area contributed by atoms with E-state index < -0.39 is 34.3 Å². The van der Waals surface area contributed by atoms with E-state index in [-0.39, 0.29) is 46.2 Å². The van der Waals surface area contributed by atoms with Crippen molar-refractivity contribution in [3.8, 4) is 0 Å². The van der Waals surface area contributed by atoms with Gasteiger partial charge in [-0.15, -0.1) is 0 Å². The van der Waals surface area contributed by atoms with Crippen molar-refractivity contribution >= 4 is 50.7 Å². The Morgan fingerprint density at radius 1 is 0.976 bits per heavy atom. The van der Waals surface area contributed by atoms with Gasteiger partial charge >= 0.3 is 0 Å². The molecule has 41 heavy (non-hydrogen) atoms. The highest BCUT2D eigenvalue weighted by atomic mass is 35.5. The van der Waals surface area contributed by atoms with Crippen molar-refractivity contribution in [3.63, 3.8) is 0 Å². The first kappa shape index (κ1) is 30.8. The third-order valence-corrected chi connectivity index (χ3v) is 8.66. The van der Waals surface area contributed by atoms with Crippen LogP contribution < -0.4 is 9.62 Å². The molecule has 1 fully saturated rings. The first-order valence-corrected chi connectivity index (χ1v) is 15.9. The number of sulfonamides is 1. The Hall–Kier alpha value is -3.14. The smallest absolute Gasteiger partial charge is 0.244 e. The zero-order valence-electron chi connectivity index (χ0n) is 22.6. The summed E-state index contributed by atoms with van der Waals surface area (Å²) >= 11 is 12.3. The largest absolute Gasteiger partial charge is 0.352 e. The summed E-state index contributed by atoms with van der Waals surface area (Å²) in [5, 5.41) is 3.45. The van der Waals surface area contributed by atoms with Crippen LogP contribution in [0, 0.1) is 5.82 Å². The van der Waals surface area contributed by atoms with Crippen molar-refractivity contribution in [2.75, 3.05) is 17.1 Å². The molecule has 0 aliphatic heterocycles. The normalized spacial score (nSPS) is 14.4. The average Bonchev–Trinajstić information content (AvgIpc) is 3.42. The van der Waals surface area contributed by atoms with Gasteiger partial charge in [0.15, 0.2) is 0 Å². The third-order valence-electron chi connectivity index (χ3n) is 7.09. The molecule has 1 N–H and O–H groups in total. The molecule has 1 aliphatic rings. The first-order valence-electron chi connectivity index (χ1n) is 13.3. The van der Waals surface area contributed by atoms with E-state index in [0.717, 1.165) is 41.8 Å². The number of benzene rings is 3. The van der Waals surface area contributed by atoms with Crippen molar-refractivity contribution in [1.82, 2.24) is 10.2 Å². The summed E-state index contributed by atoms with van der Waals surface area (Å²) in [5.41, 5.74) is 1.09. The maximum atomic E-state index is 14.9. The first-order chi connectivity index (χ1) is 19.5. The lowest BCUT2D eigenvalue weighted by Gasteiger charge is -2.34. The zero-order valence-corrected chi connectivity index (χ0v) is 24.9. The summed E-state index contributed by atoms with van der Waals surface area (Å²) in [4.78, 5) is 29.1. The molecule has 4 rings (SSSR count). The summed E-state index contributed by atoms with van der Waals surface area (Å²) in [6.07, 6.45) is 4.78. The molecule has 1 saturated carbocycles. The summed E-state index contributed by atoms with van der Waals surface area (Å²) in [6.45, 7) is -0.888. The third kappa shape index (κ3) is 8.44. The van der Waals surface area contributed by atoms with Crippen LogP contribution >= 0.6 is 23.2 Å². The Morgan fingerprint density at radius 2 is 1.59 bits per heavy atom. The molecule has 2 amide bonds. The monoisotopic (exact) mass is 619 g/mol. The lowest BCUT2D eigenvalue weighted by Crippen LogP contribution is -2.54. The lowest BCUT2D eigenvalue weighted by molar-refractivity contribution is -0.140. The molecular weight excluding hydrogens is 588 g/mol. The van der Waals surface area contributed by atoms with Crippen LogP contribution in [0.25, 0.3) is 0 Å². The van der Waals surface area contributed by atoms with Crippen LogP contribution in [0.4, 0.5) is 10.1 Å². The minimum atomic E-state index is -3.99. The second-order valence-electron chi connectivity index (χ2n) is 10.2. The van der Waals surface area contributed by atoms with Crippen molar-refractivity contribution in [1.29, 1.82) is 0 Å². The van der Waals surface area contributed by atoms with Crippen molar-refractivity contribution in [2.24, 2.45) is 0 Å². The van der Waals surface area contributed by atoms with E-state index in [4.69, 9.17) is 23.2 Å². The molecular formula is C30H32Cl2FN3O4S. The summed E-state index contributed by atoms with van der Waals surface area (Å²) in [7, 11) is -3.99. The molecule has 7 nitrogen and oxygen atoms in total. The summed E-state index contributed by atoms with van der Waals surface area (Å²) in [6, 6.07) is 18.4. The SMILES string of the molecule is CS(=O)(=O)N(CC(=O)N(Cc1ccccc1F)[C@@H](Cc1ccccc1)C(=O)NC1CCCC1)c1cc(Cl)cc(Cl)c1. The van der Waals surface area contributed by atoms with Gasteiger partial charge in [0.25, 0.3) is 0 Å². The number of halogens is 3. The van der Waals surface area contributed by atoms with Gasteiger partial charge in [-0.25, -0.2) is 12.8 Å². The average molecular weight is 621 g/mol. The maximum Gasteiger partial charge on any atom is 0.244 e. The predicted molar refractivity (Wildman–Crippen MR) is 160 cm³/mol. The molecule has 0 radical (unpaired) electrons. The van der Waals surface area contributed by atoms with Crippen LogP contribution in [0.15, 0.2) is 72.8 Å².